The van der Waals surface area contributed by atoms with Crippen molar-refractivity contribution < 1.29 is 9.47 Å². The molecule has 0 amide bonds. The first-order valence-electron chi connectivity index (χ1n) is 8.75. The summed E-state index contributed by atoms with van der Waals surface area (Å²) in [6, 6.07) is 0.463. The van der Waals surface area contributed by atoms with Crippen LogP contribution in [-0.4, -0.2) is 59.5 Å². The Labute approximate surface area is 132 Å². The van der Waals surface area contributed by atoms with Gasteiger partial charge < -0.3 is 18.9 Å². The third-order valence-electron chi connectivity index (χ3n) is 5.61. The summed E-state index contributed by atoms with van der Waals surface area (Å²) in [5, 5.41) is 0. The van der Waals surface area contributed by atoms with E-state index >= 15 is 0 Å². The molecule has 1 spiro atoms. The zero-order valence-corrected chi connectivity index (χ0v) is 13.3. The van der Waals surface area contributed by atoms with Gasteiger partial charge in [-0.25, -0.2) is 4.98 Å². The van der Waals surface area contributed by atoms with Gasteiger partial charge in [-0.2, -0.15) is 0 Å². The molecule has 4 rings (SSSR count). The Bertz CT molecular complexity index is 472. The van der Waals surface area contributed by atoms with E-state index in [1.165, 1.54) is 38.8 Å². The van der Waals surface area contributed by atoms with E-state index in [4.69, 9.17) is 9.47 Å². The molecule has 0 bridgehead atoms. The van der Waals surface area contributed by atoms with E-state index in [9.17, 15) is 0 Å². The molecular weight excluding hydrogens is 278 g/mol. The van der Waals surface area contributed by atoms with E-state index < -0.39 is 0 Å². The van der Waals surface area contributed by atoms with Crippen molar-refractivity contribution in [2.75, 3.05) is 39.5 Å². The van der Waals surface area contributed by atoms with Crippen molar-refractivity contribution in [1.82, 2.24) is 14.5 Å². The summed E-state index contributed by atoms with van der Waals surface area (Å²) in [6.45, 7) is 6.30. The number of nitrogens with zero attached hydrogens (tertiary/aromatic N) is 3. The summed E-state index contributed by atoms with van der Waals surface area (Å²) in [5.41, 5.74) is 0.0817. The number of aromatic nitrogens is 2. The number of rotatable bonds is 3. The molecule has 3 aliphatic heterocycles. The molecule has 1 aromatic heterocycles. The molecule has 3 fully saturated rings. The monoisotopic (exact) mass is 305 g/mol. The average Bonchev–Trinajstić information content (AvgIpc) is 3.19. The van der Waals surface area contributed by atoms with Crippen LogP contribution in [0.3, 0.4) is 0 Å². The summed E-state index contributed by atoms with van der Waals surface area (Å²) >= 11 is 0. The van der Waals surface area contributed by atoms with Crippen LogP contribution in [0, 0.1) is 5.92 Å². The van der Waals surface area contributed by atoms with Gasteiger partial charge in [-0.15, -0.1) is 0 Å². The molecule has 5 heteroatoms. The lowest BCUT2D eigenvalue weighted by atomic mass is 9.87. The van der Waals surface area contributed by atoms with Gasteiger partial charge in [0.15, 0.2) is 0 Å². The van der Waals surface area contributed by atoms with Gasteiger partial charge in [0.1, 0.15) is 0 Å². The second-order valence-electron chi connectivity index (χ2n) is 7.26. The molecule has 22 heavy (non-hydrogen) atoms. The average molecular weight is 305 g/mol. The van der Waals surface area contributed by atoms with Crippen LogP contribution in [0.15, 0.2) is 18.7 Å². The molecule has 0 saturated carbocycles. The van der Waals surface area contributed by atoms with Crippen molar-refractivity contribution in [2.45, 2.75) is 43.7 Å². The second kappa shape index (κ2) is 6.30. The fourth-order valence-electron chi connectivity index (χ4n) is 4.42. The van der Waals surface area contributed by atoms with Crippen LogP contribution in [0.25, 0.3) is 0 Å². The number of piperidine rings is 1. The number of likely N-dealkylation sites (tertiary alicyclic amines) is 1. The normalized spacial score (nSPS) is 34.5. The van der Waals surface area contributed by atoms with Crippen molar-refractivity contribution in [3.8, 4) is 0 Å². The Hall–Kier alpha value is -0.910. The lowest BCUT2D eigenvalue weighted by Crippen LogP contribution is -2.49. The van der Waals surface area contributed by atoms with Crippen LogP contribution in [0.1, 0.15) is 38.1 Å². The summed E-state index contributed by atoms with van der Waals surface area (Å²) in [6.07, 6.45) is 11.9. The van der Waals surface area contributed by atoms with E-state index in [1.54, 1.807) is 0 Å². The Morgan fingerprint density at radius 3 is 3.00 bits per heavy atom. The smallest absolute Gasteiger partial charge is 0.0949 e. The SMILES string of the molecule is c1cn([C@H]2CO[C@]3(CCCN(CC4CCOCC4)C3)C2)cn1. The number of hydrogen-bond acceptors (Lipinski definition) is 4. The quantitative estimate of drug-likeness (QED) is 0.857. The molecule has 3 aliphatic rings. The standard InChI is InChI=1S/C17H27N3O2/c1-4-17(10-16(12-22-17)20-7-5-18-14-20)13-19(6-1)11-15-2-8-21-9-3-15/h5,7,14-16H,1-4,6,8-13H2/t16-,17-/m1/s1. The van der Waals surface area contributed by atoms with Gasteiger partial charge in [-0.05, 0) is 38.1 Å². The summed E-state index contributed by atoms with van der Waals surface area (Å²) in [4.78, 5) is 6.83. The van der Waals surface area contributed by atoms with Crippen molar-refractivity contribution >= 4 is 0 Å². The van der Waals surface area contributed by atoms with Crippen LogP contribution in [0.2, 0.25) is 0 Å². The highest BCUT2D eigenvalue weighted by Crippen LogP contribution is 2.39. The van der Waals surface area contributed by atoms with Gasteiger partial charge in [0.05, 0.1) is 24.6 Å². The van der Waals surface area contributed by atoms with E-state index in [1.807, 2.05) is 12.5 Å². The van der Waals surface area contributed by atoms with E-state index in [-0.39, 0.29) is 5.60 Å². The second-order valence-corrected chi connectivity index (χ2v) is 7.26. The van der Waals surface area contributed by atoms with Crippen molar-refractivity contribution in [3.05, 3.63) is 18.7 Å². The van der Waals surface area contributed by atoms with Gasteiger partial charge in [-0.1, -0.05) is 0 Å². The topological polar surface area (TPSA) is 39.5 Å². The largest absolute Gasteiger partial charge is 0.381 e. The first-order valence-corrected chi connectivity index (χ1v) is 8.75. The van der Waals surface area contributed by atoms with Crippen LogP contribution in [0.4, 0.5) is 0 Å². The van der Waals surface area contributed by atoms with Crippen LogP contribution in [0.5, 0.6) is 0 Å². The summed E-state index contributed by atoms with van der Waals surface area (Å²) in [7, 11) is 0. The molecule has 5 nitrogen and oxygen atoms in total. The maximum Gasteiger partial charge on any atom is 0.0949 e. The summed E-state index contributed by atoms with van der Waals surface area (Å²) in [5.74, 6) is 0.815. The molecule has 0 aromatic carbocycles. The van der Waals surface area contributed by atoms with Crippen molar-refractivity contribution in [2.24, 2.45) is 5.92 Å². The van der Waals surface area contributed by atoms with Gasteiger partial charge in [-0.3, -0.25) is 0 Å². The minimum absolute atomic E-state index is 0.0817. The number of ether oxygens (including phenoxy) is 2. The molecule has 4 heterocycles. The first-order chi connectivity index (χ1) is 10.8. The Morgan fingerprint density at radius 2 is 2.18 bits per heavy atom. The number of hydrogen-bond donors (Lipinski definition) is 0. The molecule has 3 saturated heterocycles. The third kappa shape index (κ3) is 3.07. The van der Waals surface area contributed by atoms with Gasteiger partial charge >= 0.3 is 0 Å². The zero-order valence-electron chi connectivity index (χ0n) is 13.3. The van der Waals surface area contributed by atoms with Gasteiger partial charge in [0, 0.05) is 45.1 Å². The fraction of sp³-hybridized carbons (Fsp3) is 0.824. The van der Waals surface area contributed by atoms with Crippen LogP contribution in [-0.2, 0) is 9.47 Å². The Kier molecular flexibility index (Phi) is 4.20. The highest BCUT2D eigenvalue weighted by molar-refractivity contribution is 4.98. The molecule has 0 N–H and O–H groups in total. The van der Waals surface area contributed by atoms with E-state index in [0.29, 0.717) is 6.04 Å². The minimum atomic E-state index is 0.0817. The van der Waals surface area contributed by atoms with Gasteiger partial charge in [0.25, 0.3) is 0 Å². The van der Waals surface area contributed by atoms with Crippen LogP contribution < -0.4 is 0 Å². The lowest BCUT2D eigenvalue weighted by molar-refractivity contribution is -0.0581. The molecule has 1 aromatic rings. The van der Waals surface area contributed by atoms with Crippen molar-refractivity contribution in [1.29, 1.82) is 0 Å². The van der Waals surface area contributed by atoms with E-state index in [2.05, 4.69) is 20.6 Å². The predicted molar refractivity (Wildman–Crippen MR) is 83.8 cm³/mol. The highest BCUT2D eigenvalue weighted by atomic mass is 16.5. The zero-order chi connectivity index (χ0) is 14.8. The van der Waals surface area contributed by atoms with E-state index in [0.717, 1.165) is 38.7 Å². The number of imidazole rings is 1. The third-order valence-corrected chi connectivity index (χ3v) is 5.61. The molecular formula is C17H27N3O2. The Morgan fingerprint density at radius 1 is 1.27 bits per heavy atom. The van der Waals surface area contributed by atoms with Crippen molar-refractivity contribution in [3.63, 3.8) is 0 Å². The maximum atomic E-state index is 6.32. The molecule has 0 unspecified atom stereocenters. The fourth-order valence-corrected chi connectivity index (χ4v) is 4.42. The molecule has 2 atom stereocenters. The van der Waals surface area contributed by atoms with Gasteiger partial charge in [0.2, 0.25) is 0 Å². The van der Waals surface area contributed by atoms with Crippen LogP contribution >= 0.6 is 0 Å². The maximum absolute atomic E-state index is 6.32. The molecule has 0 radical (unpaired) electrons. The summed E-state index contributed by atoms with van der Waals surface area (Å²) < 4.78 is 14.0. The molecule has 122 valence electrons. The lowest BCUT2D eigenvalue weighted by Gasteiger charge is -2.41. The first kappa shape index (κ1) is 14.7. The minimum Gasteiger partial charge on any atom is -0.381 e. The Balaban J connectivity index is 1.36. The predicted octanol–water partition coefficient (Wildman–Crippen LogP) is 2.11. The molecule has 0 aliphatic carbocycles. The highest BCUT2D eigenvalue weighted by Gasteiger charge is 2.44.